The van der Waals surface area contributed by atoms with Gasteiger partial charge in [-0.3, -0.25) is 9.89 Å². The summed E-state index contributed by atoms with van der Waals surface area (Å²) in [6.45, 7) is 7.40. The highest BCUT2D eigenvalue weighted by atomic mass is 15.3. The molecule has 86 valence electrons. The fraction of sp³-hybridized carbons (Fsp3) is 0.909. The van der Waals surface area contributed by atoms with Gasteiger partial charge in [0.2, 0.25) is 0 Å². The van der Waals surface area contributed by atoms with E-state index < -0.39 is 0 Å². The molecule has 1 saturated heterocycles. The number of aliphatic imine (C=N–C) groups is 1. The average molecular weight is 210 g/mol. The molecule has 0 unspecified atom stereocenters. The average Bonchev–Trinajstić information content (AvgIpc) is 3.10. The summed E-state index contributed by atoms with van der Waals surface area (Å²) in [7, 11) is 0. The quantitative estimate of drug-likeness (QED) is 0.545. The number of hydrogen-bond acceptors (Lipinski definition) is 2. The van der Waals surface area contributed by atoms with E-state index in [1.165, 1.54) is 12.8 Å². The van der Waals surface area contributed by atoms with Crippen molar-refractivity contribution in [1.29, 1.82) is 0 Å². The second-order valence-electron chi connectivity index (χ2n) is 4.49. The molecule has 4 heteroatoms. The van der Waals surface area contributed by atoms with Crippen LogP contribution in [0.2, 0.25) is 0 Å². The summed E-state index contributed by atoms with van der Waals surface area (Å²) < 4.78 is 0. The molecule has 0 spiro atoms. The molecule has 0 aromatic carbocycles. The summed E-state index contributed by atoms with van der Waals surface area (Å²) in [4.78, 5) is 9.16. The molecule has 2 fully saturated rings. The monoisotopic (exact) mass is 210 g/mol. The van der Waals surface area contributed by atoms with Gasteiger partial charge in [-0.1, -0.05) is 6.92 Å². The third-order valence-corrected chi connectivity index (χ3v) is 3.20. The van der Waals surface area contributed by atoms with Crippen molar-refractivity contribution in [1.82, 2.24) is 9.80 Å². The summed E-state index contributed by atoms with van der Waals surface area (Å²) in [5, 5.41) is 0. The van der Waals surface area contributed by atoms with Gasteiger partial charge in [-0.15, -0.1) is 0 Å². The smallest absolute Gasteiger partial charge is 0.191 e. The first-order chi connectivity index (χ1) is 7.31. The molecule has 1 saturated carbocycles. The molecule has 4 nitrogen and oxygen atoms in total. The van der Waals surface area contributed by atoms with E-state index in [4.69, 9.17) is 5.73 Å². The van der Waals surface area contributed by atoms with Crippen LogP contribution in [0, 0.1) is 0 Å². The van der Waals surface area contributed by atoms with E-state index in [1.54, 1.807) is 0 Å². The van der Waals surface area contributed by atoms with Gasteiger partial charge in [-0.25, -0.2) is 0 Å². The first-order valence-electron chi connectivity index (χ1n) is 6.10. The van der Waals surface area contributed by atoms with Gasteiger partial charge in [-0.05, 0) is 19.3 Å². The third-order valence-electron chi connectivity index (χ3n) is 3.20. The molecule has 2 aliphatic rings. The second-order valence-corrected chi connectivity index (χ2v) is 4.49. The molecule has 1 aliphatic heterocycles. The number of hydrogen-bond donors (Lipinski definition) is 1. The normalized spacial score (nSPS) is 24.6. The molecular formula is C11H22N4. The molecule has 0 radical (unpaired) electrons. The lowest BCUT2D eigenvalue weighted by Gasteiger charge is -2.35. The van der Waals surface area contributed by atoms with E-state index in [9.17, 15) is 0 Å². The molecule has 15 heavy (non-hydrogen) atoms. The van der Waals surface area contributed by atoms with E-state index in [0.717, 1.165) is 51.1 Å². The van der Waals surface area contributed by atoms with Crippen molar-refractivity contribution in [2.45, 2.75) is 32.2 Å². The van der Waals surface area contributed by atoms with E-state index >= 15 is 0 Å². The Morgan fingerprint density at radius 2 is 1.93 bits per heavy atom. The summed E-state index contributed by atoms with van der Waals surface area (Å²) in [6.07, 6.45) is 3.88. The minimum atomic E-state index is 0.743. The number of guanidine groups is 1. The standard InChI is InChI=1S/C11H22N4/c1-2-5-13-11(12)15-8-6-14(7-9-15)10-3-4-10/h10H,2-9H2,1H3,(H2,12,13). The van der Waals surface area contributed by atoms with E-state index in [0.29, 0.717) is 0 Å². The van der Waals surface area contributed by atoms with Crippen LogP contribution in [0.25, 0.3) is 0 Å². The topological polar surface area (TPSA) is 44.9 Å². The van der Waals surface area contributed by atoms with Crippen molar-refractivity contribution in [3.63, 3.8) is 0 Å². The molecule has 0 bridgehead atoms. The number of rotatable bonds is 3. The lowest BCUT2D eigenvalue weighted by molar-refractivity contribution is 0.173. The highest BCUT2D eigenvalue weighted by Gasteiger charge is 2.31. The lowest BCUT2D eigenvalue weighted by Crippen LogP contribution is -2.51. The highest BCUT2D eigenvalue weighted by molar-refractivity contribution is 5.78. The first-order valence-corrected chi connectivity index (χ1v) is 6.10. The largest absolute Gasteiger partial charge is 0.370 e. The highest BCUT2D eigenvalue weighted by Crippen LogP contribution is 2.27. The summed E-state index contributed by atoms with van der Waals surface area (Å²) in [5.74, 6) is 0.743. The Labute approximate surface area is 92.1 Å². The maximum absolute atomic E-state index is 5.93. The van der Waals surface area contributed by atoms with Gasteiger partial charge >= 0.3 is 0 Å². The molecular weight excluding hydrogens is 188 g/mol. The number of piperazine rings is 1. The van der Waals surface area contributed by atoms with Crippen LogP contribution in [-0.4, -0.2) is 54.5 Å². The maximum atomic E-state index is 5.93. The van der Waals surface area contributed by atoms with Crippen molar-refractivity contribution in [2.75, 3.05) is 32.7 Å². The molecule has 0 aromatic heterocycles. The molecule has 0 atom stereocenters. The Hall–Kier alpha value is -0.770. The van der Waals surface area contributed by atoms with Gasteiger partial charge in [0.1, 0.15) is 0 Å². The number of nitrogens with zero attached hydrogens (tertiary/aromatic N) is 3. The lowest BCUT2D eigenvalue weighted by atomic mass is 10.3. The zero-order chi connectivity index (χ0) is 10.7. The Morgan fingerprint density at radius 1 is 1.27 bits per heavy atom. The Kier molecular flexibility index (Phi) is 3.46. The van der Waals surface area contributed by atoms with Gasteiger partial charge in [-0.2, -0.15) is 0 Å². The van der Waals surface area contributed by atoms with Crippen LogP contribution in [0.5, 0.6) is 0 Å². The maximum Gasteiger partial charge on any atom is 0.191 e. The van der Waals surface area contributed by atoms with Crippen molar-refractivity contribution in [2.24, 2.45) is 10.7 Å². The zero-order valence-electron chi connectivity index (χ0n) is 9.65. The van der Waals surface area contributed by atoms with Crippen LogP contribution in [0.15, 0.2) is 4.99 Å². The van der Waals surface area contributed by atoms with Gasteiger partial charge in [0.05, 0.1) is 0 Å². The predicted molar refractivity (Wildman–Crippen MR) is 62.9 cm³/mol. The van der Waals surface area contributed by atoms with Gasteiger partial charge in [0.25, 0.3) is 0 Å². The van der Waals surface area contributed by atoms with E-state index in [2.05, 4.69) is 21.7 Å². The van der Waals surface area contributed by atoms with Crippen molar-refractivity contribution in [3.05, 3.63) is 0 Å². The second kappa shape index (κ2) is 4.84. The van der Waals surface area contributed by atoms with Crippen LogP contribution in [-0.2, 0) is 0 Å². The van der Waals surface area contributed by atoms with E-state index in [-0.39, 0.29) is 0 Å². The van der Waals surface area contributed by atoms with Crippen LogP contribution in [0.4, 0.5) is 0 Å². The molecule has 0 aromatic rings. The van der Waals surface area contributed by atoms with Crippen LogP contribution in [0.3, 0.4) is 0 Å². The van der Waals surface area contributed by atoms with Crippen molar-refractivity contribution < 1.29 is 0 Å². The van der Waals surface area contributed by atoms with E-state index in [1.807, 2.05) is 0 Å². The molecule has 1 aliphatic carbocycles. The predicted octanol–water partition coefficient (Wildman–Crippen LogP) is 0.491. The Morgan fingerprint density at radius 3 is 2.47 bits per heavy atom. The van der Waals surface area contributed by atoms with Crippen LogP contribution < -0.4 is 5.73 Å². The van der Waals surface area contributed by atoms with Gasteiger partial charge < -0.3 is 10.6 Å². The molecule has 0 amide bonds. The fourth-order valence-corrected chi connectivity index (χ4v) is 2.08. The summed E-state index contributed by atoms with van der Waals surface area (Å²) >= 11 is 0. The van der Waals surface area contributed by atoms with Crippen molar-refractivity contribution in [3.8, 4) is 0 Å². The minimum absolute atomic E-state index is 0.743. The molecule has 2 rings (SSSR count). The van der Waals surface area contributed by atoms with Crippen LogP contribution in [0.1, 0.15) is 26.2 Å². The van der Waals surface area contributed by atoms with Gasteiger partial charge in [0, 0.05) is 38.8 Å². The Balaban J connectivity index is 1.76. The molecule has 2 N–H and O–H groups in total. The van der Waals surface area contributed by atoms with Crippen molar-refractivity contribution >= 4 is 5.96 Å². The fourth-order valence-electron chi connectivity index (χ4n) is 2.08. The van der Waals surface area contributed by atoms with Crippen LogP contribution >= 0.6 is 0 Å². The SMILES string of the molecule is CCCN=C(N)N1CCN(C2CC2)CC1. The Bertz CT molecular complexity index is 227. The minimum Gasteiger partial charge on any atom is -0.370 e. The van der Waals surface area contributed by atoms with Gasteiger partial charge in [0.15, 0.2) is 5.96 Å². The first kappa shape index (κ1) is 10.7. The number of nitrogens with two attached hydrogens (primary N) is 1. The summed E-state index contributed by atoms with van der Waals surface area (Å²) in [5.41, 5.74) is 5.93. The molecule has 1 heterocycles. The third kappa shape index (κ3) is 2.84. The zero-order valence-corrected chi connectivity index (χ0v) is 9.65. The summed E-state index contributed by atoms with van der Waals surface area (Å²) in [6, 6.07) is 0.890.